The highest BCUT2D eigenvalue weighted by atomic mass is 16.5. The van der Waals surface area contributed by atoms with Gasteiger partial charge in [0, 0.05) is 6.04 Å². The minimum absolute atomic E-state index is 0.716. The first-order valence-corrected chi connectivity index (χ1v) is 8.21. The van der Waals surface area contributed by atoms with Gasteiger partial charge >= 0.3 is 0 Å². The molecule has 2 rings (SSSR count). The Balaban J connectivity index is 1.76. The molecule has 1 aliphatic carbocycles. The first kappa shape index (κ1) is 16.2. The first-order valence-electron chi connectivity index (χ1n) is 8.21. The van der Waals surface area contributed by atoms with Gasteiger partial charge < -0.3 is 14.8 Å². The average molecular weight is 291 g/mol. The minimum Gasteiger partial charge on any atom is -0.493 e. The van der Waals surface area contributed by atoms with Crippen molar-refractivity contribution in [3.63, 3.8) is 0 Å². The summed E-state index contributed by atoms with van der Waals surface area (Å²) in [5.41, 5.74) is 1.29. The van der Waals surface area contributed by atoms with Crippen molar-refractivity contribution in [3.05, 3.63) is 23.8 Å². The summed E-state index contributed by atoms with van der Waals surface area (Å²) in [6.07, 6.45) is 7.84. The summed E-state index contributed by atoms with van der Waals surface area (Å²) in [5, 5.41) is 3.71. The van der Waals surface area contributed by atoms with E-state index in [0.717, 1.165) is 30.4 Å². The number of ether oxygens (including phenoxy) is 2. The third-order valence-corrected chi connectivity index (χ3v) is 4.72. The van der Waals surface area contributed by atoms with Crippen LogP contribution in [0.2, 0.25) is 0 Å². The summed E-state index contributed by atoms with van der Waals surface area (Å²) < 4.78 is 10.6. The molecular weight excluding hydrogens is 262 g/mol. The molecule has 1 N–H and O–H groups in total. The van der Waals surface area contributed by atoms with Gasteiger partial charge in [-0.2, -0.15) is 0 Å². The summed E-state index contributed by atoms with van der Waals surface area (Å²) in [5.74, 6) is 2.58. The Kier molecular flexibility index (Phi) is 6.37. The second kappa shape index (κ2) is 8.28. The number of hydrogen-bond donors (Lipinski definition) is 1. The van der Waals surface area contributed by atoms with Crippen molar-refractivity contribution in [3.8, 4) is 11.5 Å². The molecule has 0 bridgehead atoms. The quantitative estimate of drug-likeness (QED) is 0.829. The monoisotopic (exact) mass is 291 g/mol. The van der Waals surface area contributed by atoms with Gasteiger partial charge in [-0.25, -0.2) is 0 Å². The lowest BCUT2D eigenvalue weighted by molar-refractivity contribution is 0.287. The number of nitrogens with one attached hydrogen (secondary N) is 1. The Labute approximate surface area is 129 Å². The molecule has 0 radical (unpaired) electrons. The zero-order valence-electron chi connectivity index (χ0n) is 13.7. The van der Waals surface area contributed by atoms with Gasteiger partial charge in [-0.1, -0.05) is 19.4 Å². The zero-order chi connectivity index (χ0) is 15.1. The lowest BCUT2D eigenvalue weighted by atomic mass is 9.84. The molecule has 3 heteroatoms. The van der Waals surface area contributed by atoms with Gasteiger partial charge in [0.05, 0.1) is 14.2 Å². The maximum absolute atomic E-state index is 5.35. The highest BCUT2D eigenvalue weighted by Crippen LogP contribution is 2.28. The van der Waals surface area contributed by atoms with E-state index in [2.05, 4.69) is 24.4 Å². The van der Waals surface area contributed by atoms with Crippen LogP contribution >= 0.6 is 0 Å². The Hall–Kier alpha value is -1.22. The second-order valence-electron chi connectivity index (χ2n) is 6.02. The fraction of sp³-hybridized carbons (Fsp3) is 0.667. The maximum atomic E-state index is 5.35. The van der Waals surface area contributed by atoms with Crippen molar-refractivity contribution in [1.29, 1.82) is 0 Å². The van der Waals surface area contributed by atoms with Crippen LogP contribution in [0, 0.1) is 5.92 Å². The van der Waals surface area contributed by atoms with E-state index in [1.165, 1.54) is 37.7 Å². The van der Waals surface area contributed by atoms with E-state index in [1.807, 2.05) is 6.07 Å². The summed E-state index contributed by atoms with van der Waals surface area (Å²) in [6, 6.07) is 6.90. The van der Waals surface area contributed by atoms with Crippen molar-refractivity contribution in [2.75, 3.05) is 20.8 Å². The molecule has 0 aromatic heterocycles. The first-order chi connectivity index (χ1) is 10.3. The lowest BCUT2D eigenvalue weighted by Gasteiger charge is -2.28. The summed E-state index contributed by atoms with van der Waals surface area (Å²) in [4.78, 5) is 0. The third-order valence-electron chi connectivity index (χ3n) is 4.72. The van der Waals surface area contributed by atoms with Crippen LogP contribution in [0.4, 0.5) is 0 Å². The second-order valence-corrected chi connectivity index (χ2v) is 6.02. The fourth-order valence-electron chi connectivity index (χ4n) is 3.23. The largest absolute Gasteiger partial charge is 0.493 e. The van der Waals surface area contributed by atoms with Crippen LogP contribution in [0.1, 0.15) is 44.6 Å². The van der Waals surface area contributed by atoms with Crippen LogP contribution in [-0.2, 0) is 6.42 Å². The molecule has 21 heavy (non-hydrogen) atoms. The van der Waals surface area contributed by atoms with E-state index in [-0.39, 0.29) is 0 Å². The van der Waals surface area contributed by atoms with Crippen molar-refractivity contribution in [2.45, 2.75) is 51.5 Å². The van der Waals surface area contributed by atoms with Crippen molar-refractivity contribution in [1.82, 2.24) is 5.32 Å². The van der Waals surface area contributed by atoms with Crippen LogP contribution in [0.15, 0.2) is 18.2 Å². The molecule has 1 saturated carbocycles. The van der Waals surface area contributed by atoms with E-state index in [9.17, 15) is 0 Å². The standard InChI is InChI=1S/C18H29NO2/c1-4-14-5-8-16(9-6-14)19-12-11-15-7-10-17(20-2)18(13-15)21-3/h7,10,13-14,16,19H,4-6,8-9,11-12H2,1-3H3. The summed E-state index contributed by atoms with van der Waals surface area (Å²) in [7, 11) is 3.36. The smallest absolute Gasteiger partial charge is 0.160 e. The van der Waals surface area contributed by atoms with Crippen molar-refractivity contribution >= 4 is 0 Å². The van der Waals surface area contributed by atoms with Crippen LogP contribution in [0.3, 0.4) is 0 Å². The minimum atomic E-state index is 0.716. The van der Waals surface area contributed by atoms with E-state index >= 15 is 0 Å². The van der Waals surface area contributed by atoms with E-state index in [1.54, 1.807) is 14.2 Å². The van der Waals surface area contributed by atoms with E-state index in [4.69, 9.17) is 9.47 Å². The highest BCUT2D eigenvalue weighted by molar-refractivity contribution is 5.42. The molecule has 0 amide bonds. The predicted octanol–water partition coefficient (Wildman–Crippen LogP) is 3.80. The average Bonchev–Trinajstić information content (AvgIpc) is 2.55. The van der Waals surface area contributed by atoms with Crippen molar-refractivity contribution in [2.24, 2.45) is 5.92 Å². The molecule has 0 heterocycles. The molecule has 0 unspecified atom stereocenters. The molecule has 3 nitrogen and oxygen atoms in total. The van der Waals surface area contributed by atoms with Gasteiger partial charge in [-0.05, 0) is 62.3 Å². The van der Waals surface area contributed by atoms with Gasteiger partial charge in [0.2, 0.25) is 0 Å². The molecule has 1 aromatic carbocycles. The SMILES string of the molecule is CCC1CCC(NCCc2ccc(OC)c(OC)c2)CC1. The molecule has 0 aliphatic heterocycles. The van der Waals surface area contributed by atoms with Gasteiger partial charge in [0.25, 0.3) is 0 Å². The predicted molar refractivity (Wildman–Crippen MR) is 87.3 cm³/mol. The van der Waals surface area contributed by atoms with Gasteiger partial charge in [-0.3, -0.25) is 0 Å². The fourth-order valence-corrected chi connectivity index (χ4v) is 3.23. The zero-order valence-corrected chi connectivity index (χ0v) is 13.7. The van der Waals surface area contributed by atoms with E-state index < -0.39 is 0 Å². The maximum Gasteiger partial charge on any atom is 0.160 e. The van der Waals surface area contributed by atoms with Crippen molar-refractivity contribution < 1.29 is 9.47 Å². The van der Waals surface area contributed by atoms with Gasteiger partial charge in [-0.15, -0.1) is 0 Å². The Morgan fingerprint density at radius 1 is 1.05 bits per heavy atom. The summed E-state index contributed by atoms with van der Waals surface area (Å²) in [6.45, 7) is 3.35. The van der Waals surface area contributed by atoms with Crippen LogP contribution < -0.4 is 14.8 Å². The molecular formula is C18H29NO2. The highest BCUT2D eigenvalue weighted by Gasteiger charge is 2.19. The molecule has 0 saturated heterocycles. The lowest BCUT2D eigenvalue weighted by Crippen LogP contribution is -2.34. The number of hydrogen-bond acceptors (Lipinski definition) is 3. The van der Waals surface area contributed by atoms with Gasteiger partial charge in [0.15, 0.2) is 11.5 Å². The molecule has 1 aromatic rings. The third kappa shape index (κ3) is 4.63. The Morgan fingerprint density at radius 3 is 2.38 bits per heavy atom. The number of benzene rings is 1. The van der Waals surface area contributed by atoms with E-state index in [0.29, 0.717) is 6.04 Å². The Bertz CT molecular complexity index is 425. The molecule has 1 fully saturated rings. The van der Waals surface area contributed by atoms with Crippen LogP contribution in [-0.4, -0.2) is 26.8 Å². The van der Waals surface area contributed by atoms with Crippen LogP contribution in [0.5, 0.6) is 11.5 Å². The molecule has 1 aliphatic rings. The molecule has 118 valence electrons. The number of methoxy groups -OCH3 is 2. The van der Waals surface area contributed by atoms with Crippen LogP contribution in [0.25, 0.3) is 0 Å². The van der Waals surface area contributed by atoms with Gasteiger partial charge in [0.1, 0.15) is 0 Å². The topological polar surface area (TPSA) is 30.5 Å². The Morgan fingerprint density at radius 2 is 1.76 bits per heavy atom. The summed E-state index contributed by atoms with van der Waals surface area (Å²) >= 11 is 0. The number of rotatable bonds is 7. The molecule has 0 spiro atoms. The molecule has 0 atom stereocenters. The normalized spacial score (nSPS) is 22.0.